The van der Waals surface area contributed by atoms with Gasteiger partial charge in [-0.15, -0.1) is 0 Å². The first-order chi connectivity index (χ1) is 9.04. The summed E-state index contributed by atoms with van der Waals surface area (Å²) in [5.41, 5.74) is 0. The first-order valence-corrected chi connectivity index (χ1v) is 6.83. The summed E-state index contributed by atoms with van der Waals surface area (Å²) >= 11 is 0. The number of carbonyl (C=O) groups is 3. The molecule has 1 rings (SSSR count). The van der Waals surface area contributed by atoms with Gasteiger partial charge in [0.25, 0.3) is 5.91 Å². The van der Waals surface area contributed by atoms with Gasteiger partial charge in [-0.2, -0.15) is 0 Å². The lowest BCUT2D eigenvalue weighted by Gasteiger charge is -2.21. The van der Waals surface area contributed by atoms with E-state index in [0.29, 0.717) is 6.54 Å². The first kappa shape index (κ1) is 15.5. The summed E-state index contributed by atoms with van der Waals surface area (Å²) < 4.78 is 5.10. The third kappa shape index (κ3) is 5.28. The Morgan fingerprint density at radius 2 is 1.84 bits per heavy atom. The van der Waals surface area contributed by atoms with Gasteiger partial charge >= 0.3 is 12.0 Å². The van der Waals surface area contributed by atoms with Crippen LogP contribution < -0.4 is 10.6 Å². The fourth-order valence-corrected chi connectivity index (χ4v) is 2.08. The third-order valence-electron chi connectivity index (χ3n) is 3.17. The zero-order valence-electron chi connectivity index (χ0n) is 11.5. The number of esters is 1. The predicted molar refractivity (Wildman–Crippen MR) is 69.3 cm³/mol. The van der Waals surface area contributed by atoms with Crippen molar-refractivity contribution in [1.82, 2.24) is 10.6 Å². The summed E-state index contributed by atoms with van der Waals surface area (Å²) in [5.74, 6) is -1.04. The van der Waals surface area contributed by atoms with Crippen molar-refractivity contribution in [2.75, 3.05) is 6.54 Å². The van der Waals surface area contributed by atoms with Gasteiger partial charge in [-0.3, -0.25) is 14.9 Å². The highest BCUT2D eigenvalue weighted by Crippen LogP contribution is 2.24. The van der Waals surface area contributed by atoms with E-state index in [0.717, 1.165) is 32.1 Å². The number of urea groups is 1. The van der Waals surface area contributed by atoms with Crippen LogP contribution in [0.4, 0.5) is 4.79 Å². The minimum absolute atomic E-state index is 0.103. The van der Waals surface area contributed by atoms with E-state index in [9.17, 15) is 14.4 Å². The monoisotopic (exact) mass is 270 g/mol. The lowest BCUT2D eigenvalue weighted by molar-refractivity contribution is -0.159. The number of nitrogens with one attached hydrogen (secondary N) is 2. The molecule has 3 amide bonds. The van der Waals surface area contributed by atoms with Crippen LogP contribution in [-0.2, 0) is 14.3 Å². The van der Waals surface area contributed by atoms with Crippen LogP contribution in [0.2, 0.25) is 0 Å². The highest BCUT2D eigenvalue weighted by Gasteiger charge is 2.26. The van der Waals surface area contributed by atoms with E-state index in [2.05, 4.69) is 10.6 Å². The Kier molecular flexibility index (Phi) is 6.32. The van der Waals surface area contributed by atoms with Crippen LogP contribution in [0.5, 0.6) is 0 Å². The quantitative estimate of drug-likeness (QED) is 0.755. The number of amides is 3. The number of ether oxygens (including phenoxy) is 1. The van der Waals surface area contributed by atoms with E-state index in [1.807, 2.05) is 0 Å². The van der Waals surface area contributed by atoms with E-state index in [4.69, 9.17) is 4.74 Å². The van der Waals surface area contributed by atoms with Crippen molar-refractivity contribution in [3.05, 3.63) is 0 Å². The minimum Gasteiger partial charge on any atom is -0.452 e. The van der Waals surface area contributed by atoms with E-state index >= 15 is 0 Å². The zero-order chi connectivity index (χ0) is 14.3. The van der Waals surface area contributed by atoms with Crippen molar-refractivity contribution in [2.45, 2.75) is 52.1 Å². The Morgan fingerprint density at radius 1 is 1.21 bits per heavy atom. The number of hydrogen-bond donors (Lipinski definition) is 2. The van der Waals surface area contributed by atoms with E-state index in [1.54, 1.807) is 6.92 Å². The largest absolute Gasteiger partial charge is 0.452 e. The summed E-state index contributed by atoms with van der Waals surface area (Å²) in [6.07, 6.45) is 3.90. The van der Waals surface area contributed by atoms with Crippen LogP contribution in [0.1, 0.15) is 46.0 Å². The van der Waals surface area contributed by atoms with Crippen molar-refractivity contribution in [3.63, 3.8) is 0 Å². The molecule has 6 heteroatoms. The molecular weight excluding hydrogens is 248 g/mol. The molecule has 0 bridgehead atoms. The molecule has 1 aliphatic carbocycles. The minimum atomic E-state index is -0.947. The van der Waals surface area contributed by atoms with Crippen LogP contribution in [0.25, 0.3) is 0 Å². The van der Waals surface area contributed by atoms with Gasteiger partial charge in [-0.25, -0.2) is 4.79 Å². The number of hydrogen-bond acceptors (Lipinski definition) is 4. The molecule has 19 heavy (non-hydrogen) atoms. The third-order valence-corrected chi connectivity index (χ3v) is 3.17. The molecule has 0 radical (unpaired) electrons. The van der Waals surface area contributed by atoms with Crippen molar-refractivity contribution < 1.29 is 19.1 Å². The number of rotatable bonds is 4. The second-order valence-electron chi connectivity index (χ2n) is 4.76. The van der Waals surface area contributed by atoms with Gasteiger partial charge in [0, 0.05) is 6.54 Å². The molecule has 1 aliphatic rings. The average Bonchev–Trinajstić information content (AvgIpc) is 2.39. The van der Waals surface area contributed by atoms with Crippen molar-refractivity contribution >= 4 is 17.9 Å². The zero-order valence-corrected chi connectivity index (χ0v) is 11.5. The lowest BCUT2D eigenvalue weighted by Crippen LogP contribution is -2.45. The van der Waals surface area contributed by atoms with Gasteiger partial charge in [0.2, 0.25) is 0 Å². The van der Waals surface area contributed by atoms with Crippen molar-refractivity contribution in [3.8, 4) is 0 Å². The van der Waals surface area contributed by atoms with Crippen LogP contribution >= 0.6 is 0 Å². The first-order valence-electron chi connectivity index (χ1n) is 6.83. The van der Waals surface area contributed by atoms with Gasteiger partial charge in [0.05, 0.1) is 5.92 Å². The molecule has 1 unspecified atom stereocenters. The van der Waals surface area contributed by atoms with Crippen molar-refractivity contribution in [2.24, 2.45) is 5.92 Å². The molecule has 0 saturated heterocycles. The smallest absolute Gasteiger partial charge is 0.321 e. The molecule has 0 heterocycles. The Balaban J connectivity index is 2.36. The Bertz CT molecular complexity index is 338. The molecule has 0 aromatic heterocycles. The Morgan fingerprint density at radius 3 is 2.42 bits per heavy atom. The summed E-state index contributed by atoms with van der Waals surface area (Å²) in [6, 6.07) is -0.576. The number of carbonyl (C=O) groups excluding carboxylic acids is 3. The van der Waals surface area contributed by atoms with E-state index in [1.165, 1.54) is 6.92 Å². The summed E-state index contributed by atoms with van der Waals surface area (Å²) in [7, 11) is 0. The Labute approximate surface area is 113 Å². The Hall–Kier alpha value is -1.59. The molecule has 108 valence electrons. The normalized spacial score (nSPS) is 17.4. The van der Waals surface area contributed by atoms with E-state index < -0.39 is 18.0 Å². The van der Waals surface area contributed by atoms with E-state index in [-0.39, 0.29) is 11.9 Å². The molecule has 0 spiro atoms. The van der Waals surface area contributed by atoms with Gasteiger partial charge in [-0.1, -0.05) is 19.3 Å². The molecule has 1 fully saturated rings. The second-order valence-corrected chi connectivity index (χ2v) is 4.76. The molecule has 6 nitrogen and oxygen atoms in total. The van der Waals surface area contributed by atoms with Gasteiger partial charge < -0.3 is 10.1 Å². The second kappa shape index (κ2) is 7.76. The molecule has 1 atom stereocenters. The average molecular weight is 270 g/mol. The van der Waals surface area contributed by atoms with Crippen molar-refractivity contribution in [1.29, 1.82) is 0 Å². The van der Waals surface area contributed by atoms with Crippen LogP contribution in [-0.4, -0.2) is 30.6 Å². The SMILES string of the molecule is CCNC(=O)NC(=O)C(C)OC(=O)C1CCCCC1. The molecule has 2 N–H and O–H groups in total. The fraction of sp³-hybridized carbons (Fsp3) is 0.769. The van der Waals surface area contributed by atoms with Crippen LogP contribution in [0, 0.1) is 5.92 Å². The maximum atomic E-state index is 11.8. The highest BCUT2D eigenvalue weighted by atomic mass is 16.5. The standard InChI is InChI=1S/C13H22N2O4/c1-3-14-13(18)15-11(16)9(2)19-12(17)10-7-5-4-6-8-10/h9-10H,3-8H2,1-2H3,(H2,14,15,16,18). The van der Waals surface area contributed by atoms with Gasteiger partial charge in [0.1, 0.15) is 0 Å². The topological polar surface area (TPSA) is 84.5 Å². The molecule has 0 aromatic rings. The van der Waals surface area contributed by atoms with Crippen LogP contribution in [0.3, 0.4) is 0 Å². The molecule has 1 saturated carbocycles. The summed E-state index contributed by atoms with van der Waals surface area (Å²) in [6.45, 7) is 3.64. The maximum Gasteiger partial charge on any atom is 0.321 e. The molecule has 0 aromatic carbocycles. The lowest BCUT2D eigenvalue weighted by atomic mass is 9.89. The predicted octanol–water partition coefficient (Wildman–Crippen LogP) is 1.34. The van der Waals surface area contributed by atoms with Gasteiger partial charge in [-0.05, 0) is 26.7 Å². The summed E-state index contributed by atoms with van der Waals surface area (Å²) in [5, 5.41) is 4.56. The molecule has 0 aliphatic heterocycles. The van der Waals surface area contributed by atoms with Gasteiger partial charge in [0.15, 0.2) is 6.10 Å². The summed E-state index contributed by atoms with van der Waals surface area (Å²) in [4.78, 5) is 34.6. The molecular formula is C13H22N2O4. The fourth-order valence-electron chi connectivity index (χ4n) is 2.08. The highest BCUT2D eigenvalue weighted by molar-refractivity contribution is 5.97. The maximum absolute atomic E-state index is 11.8. The van der Waals surface area contributed by atoms with Crippen LogP contribution in [0.15, 0.2) is 0 Å². The number of imide groups is 1.